The monoisotopic (exact) mass is 295 g/mol. The minimum absolute atomic E-state index is 0.0441. The van der Waals surface area contributed by atoms with Crippen LogP contribution in [0, 0.1) is 5.82 Å². The second-order valence-corrected chi connectivity index (χ2v) is 4.97. The summed E-state index contributed by atoms with van der Waals surface area (Å²) in [5, 5.41) is 0. The van der Waals surface area contributed by atoms with Crippen LogP contribution < -0.4 is 0 Å². The third-order valence-electron chi connectivity index (χ3n) is 3.50. The molecule has 1 rings (SSSR count). The van der Waals surface area contributed by atoms with Crippen LogP contribution in [0.25, 0.3) is 0 Å². The Morgan fingerprint density at radius 2 is 1.90 bits per heavy atom. The van der Waals surface area contributed by atoms with E-state index in [9.17, 15) is 14.0 Å². The first-order chi connectivity index (χ1) is 9.97. The average Bonchev–Trinajstić information content (AvgIpc) is 2.49. The Bertz CT molecular complexity index is 473. The van der Waals surface area contributed by atoms with Gasteiger partial charge in [-0.25, -0.2) is 4.39 Å². The number of halogens is 1. The number of nitrogens with zero attached hydrogens (tertiary/aromatic N) is 1. The Labute approximate surface area is 124 Å². The van der Waals surface area contributed by atoms with Crippen LogP contribution in [-0.4, -0.2) is 36.5 Å². The standard InChI is InChI=1S/C16H22FNO3/c1-4-12(2)18(10-9-16(20)21-3)15(19)11-13-5-7-14(17)8-6-13/h5-8,12H,4,9-11H2,1-3H3. The quantitative estimate of drug-likeness (QED) is 0.726. The van der Waals surface area contributed by atoms with E-state index in [2.05, 4.69) is 4.74 Å². The highest BCUT2D eigenvalue weighted by Crippen LogP contribution is 2.10. The van der Waals surface area contributed by atoms with Gasteiger partial charge in [-0.1, -0.05) is 19.1 Å². The molecule has 1 atom stereocenters. The Morgan fingerprint density at radius 3 is 2.43 bits per heavy atom. The smallest absolute Gasteiger partial charge is 0.307 e. The number of esters is 1. The third kappa shape index (κ3) is 5.53. The largest absolute Gasteiger partial charge is 0.469 e. The number of carbonyl (C=O) groups excluding carboxylic acids is 2. The highest BCUT2D eigenvalue weighted by molar-refractivity contribution is 5.79. The highest BCUT2D eigenvalue weighted by atomic mass is 19.1. The summed E-state index contributed by atoms with van der Waals surface area (Å²) in [5.41, 5.74) is 0.757. The Hall–Kier alpha value is -1.91. The van der Waals surface area contributed by atoms with Gasteiger partial charge in [0.1, 0.15) is 5.82 Å². The molecule has 0 heterocycles. The molecule has 21 heavy (non-hydrogen) atoms. The molecule has 1 amide bonds. The molecule has 0 bridgehead atoms. The van der Waals surface area contributed by atoms with Gasteiger partial charge in [0.2, 0.25) is 5.91 Å². The number of carbonyl (C=O) groups is 2. The summed E-state index contributed by atoms with van der Waals surface area (Å²) in [6.07, 6.45) is 1.18. The predicted octanol–water partition coefficient (Wildman–Crippen LogP) is 2.56. The van der Waals surface area contributed by atoms with Crippen LogP contribution in [0.1, 0.15) is 32.3 Å². The van der Waals surface area contributed by atoms with Gasteiger partial charge >= 0.3 is 5.97 Å². The number of amides is 1. The first kappa shape index (κ1) is 17.1. The van der Waals surface area contributed by atoms with Gasteiger partial charge in [0, 0.05) is 12.6 Å². The molecule has 0 fully saturated rings. The second-order valence-electron chi connectivity index (χ2n) is 4.97. The van der Waals surface area contributed by atoms with Crippen LogP contribution in [0.4, 0.5) is 4.39 Å². The average molecular weight is 295 g/mol. The van der Waals surface area contributed by atoms with E-state index in [1.165, 1.54) is 19.2 Å². The van der Waals surface area contributed by atoms with Gasteiger partial charge < -0.3 is 9.64 Å². The summed E-state index contributed by atoms with van der Waals surface area (Å²) in [6, 6.07) is 5.92. The topological polar surface area (TPSA) is 46.6 Å². The first-order valence-electron chi connectivity index (χ1n) is 7.08. The minimum Gasteiger partial charge on any atom is -0.469 e. The van der Waals surface area contributed by atoms with Crippen LogP contribution in [0.3, 0.4) is 0 Å². The Morgan fingerprint density at radius 1 is 1.29 bits per heavy atom. The lowest BCUT2D eigenvalue weighted by molar-refractivity contribution is -0.142. The molecule has 4 nitrogen and oxygen atoms in total. The summed E-state index contributed by atoms with van der Waals surface area (Å²) >= 11 is 0. The molecule has 0 aliphatic rings. The van der Waals surface area contributed by atoms with Crippen molar-refractivity contribution in [3.05, 3.63) is 35.6 Å². The van der Waals surface area contributed by atoms with Crippen LogP contribution in [0.2, 0.25) is 0 Å². The molecule has 0 spiro atoms. The number of ether oxygens (including phenoxy) is 1. The molecule has 116 valence electrons. The lowest BCUT2D eigenvalue weighted by atomic mass is 10.1. The van der Waals surface area contributed by atoms with Crippen molar-refractivity contribution >= 4 is 11.9 Å². The lowest BCUT2D eigenvalue weighted by Gasteiger charge is -2.28. The fraction of sp³-hybridized carbons (Fsp3) is 0.500. The Kier molecular flexibility index (Phi) is 6.85. The molecular formula is C16H22FNO3. The van der Waals surface area contributed by atoms with E-state index in [-0.39, 0.29) is 36.6 Å². The highest BCUT2D eigenvalue weighted by Gasteiger charge is 2.20. The van der Waals surface area contributed by atoms with Crippen LogP contribution in [-0.2, 0) is 20.7 Å². The zero-order chi connectivity index (χ0) is 15.8. The molecule has 0 aliphatic carbocycles. The molecule has 5 heteroatoms. The molecule has 1 aromatic rings. The van der Waals surface area contributed by atoms with Gasteiger partial charge in [-0.05, 0) is 31.0 Å². The fourth-order valence-electron chi connectivity index (χ4n) is 2.00. The molecule has 0 aliphatic heterocycles. The van der Waals surface area contributed by atoms with Gasteiger partial charge in [-0.15, -0.1) is 0 Å². The Balaban J connectivity index is 2.70. The number of hydrogen-bond acceptors (Lipinski definition) is 3. The van der Waals surface area contributed by atoms with Gasteiger partial charge in [0.25, 0.3) is 0 Å². The van der Waals surface area contributed by atoms with Crippen molar-refractivity contribution in [3.63, 3.8) is 0 Å². The molecular weight excluding hydrogens is 273 g/mol. The summed E-state index contributed by atoms with van der Waals surface area (Å²) < 4.78 is 17.5. The molecule has 1 aromatic carbocycles. The normalized spacial score (nSPS) is 11.8. The van der Waals surface area contributed by atoms with Gasteiger partial charge in [0.05, 0.1) is 20.0 Å². The zero-order valence-electron chi connectivity index (χ0n) is 12.8. The van der Waals surface area contributed by atoms with E-state index in [1.807, 2.05) is 13.8 Å². The second kappa shape index (κ2) is 8.39. The van der Waals surface area contributed by atoms with Crippen molar-refractivity contribution in [1.29, 1.82) is 0 Å². The predicted molar refractivity (Wildman–Crippen MR) is 78.2 cm³/mol. The van der Waals surface area contributed by atoms with E-state index in [0.717, 1.165) is 12.0 Å². The minimum atomic E-state index is -0.335. The summed E-state index contributed by atoms with van der Waals surface area (Å²) in [6.45, 7) is 4.27. The maximum Gasteiger partial charge on any atom is 0.307 e. The lowest BCUT2D eigenvalue weighted by Crippen LogP contribution is -2.40. The molecule has 0 radical (unpaired) electrons. The van der Waals surface area contributed by atoms with Crippen molar-refractivity contribution in [1.82, 2.24) is 4.90 Å². The van der Waals surface area contributed by atoms with Crippen molar-refractivity contribution < 1.29 is 18.7 Å². The molecule has 0 aromatic heterocycles. The number of benzene rings is 1. The maximum atomic E-state index is 12.9. The number of hydrogen-bond donors (Lipinski definition) is 0. The summed E-state index contributed by atoms with van der Waals surface area (Å²) in [4.78, 5) is 25.3. The molecule has 0 saturated heterocycles. The molecule has 0 saturated carbocycles. The van der Waals surface area contributed by atoms with Crippen molar-refractivity contribution in [3.8, 4) is 0 Å². The SMILES string of the molecule is CCC(C)N(CCC(=O)OC)C(=O)Cc1ccc(F)cc1. The fourth-order valence-corrected chi connectivity index (χ4v) is 2.00. The van der Waals surface area contributed by atoms with E-state index in [1.54, 1.807) is 17.0 Å². The van der Waals surface area contributed by atoms with E-state index in [4.69, 9.17) is 0 Å². The van der Waals surface area contributed by atoms with E-state index in [0.29, 0.717) is 6.54 Å². The number of methoxy groups -OCH3 is 1. The maximum absolute atomic E-state index is 12.9. The van der Waals surface area contributed by atoms with Crippen LogP contribution in [0.5, 0.6) is 0 Å². The van der Waals surface area contributed by atoms with Crippen LogP contribution >= 0.6 is 0 Å². The number of rotatable bonds is 7. The van der Waals surface area contributed by atoms with E-state index >= 15 is 0 Å². The molecule has 0 N–H and O–H groups in total. The third-order valence-corrected chi connectivity index (χ3v) is 3.50. The van der Waals surface area contributed by atoms with Gasteiger partial charge in [-0.3, -0.25) is 9.59 Å². The zero-order valence-corrected chi connectivity index (χ0v) is 12.8. The van der Waals surface area contributed by atoms with Crippen molar-refractivity contribution in [2.45, 2.75) is 39.2 Å². The summed E-state index contributed by atoms with van der Waals surface area (Å²) in [7, 11) is 1.33. The van der Waals surface area contributed by atoms with Crippen molar-refractivity contribution in [2.75, 3.05) is 13.7 Å². The van der Waals surface area contributed by atoms with Gasteiger partial charge in [-0.2, -0.15) is 0 Å². The van der Waals surface area contributed by atoms with Crippen LogP contribution in [0.15, 0.2) is 24.3 Å². The molecule has 1 unspecified atom stereocenters. The van der Waals surface area contributed by atoms with E-state index < -0.39 is 0 Å². The van der Waals surface area contributed by atoms with Crippen molar-refractivity contribution in [2.24, 2.45) is 0 Å². The van der Waals surface area contributed by atoms with Gasteiger partial charge in [0.15, 0.2) is 0 Å². The first-order valence-corrected chi connectivity index (χ1v) is 7.08. The summed E-state index contributed by atoms with van der Waals surface area (Å²) in [5.74, 6) is -0.728.